The van der Waals surface area contributed by atoms with Crippen LogP contribution in [0.5, 0.6) is 5.75 Å². The fourth-order valence-electron chi connectivity index (χ4n) is 3.05. The third-order valence-corrected chi connectivity index (χ3v) is 4.50. The minimum Gasteiger partial charge on any atom is -0.507 e. The number of carbonyl (C=O) groups excluding carboxylic acids is 1. The van der Waals surface area contributed by atoms with Crippen LogP contribution in [0.15, 0.2) is 23.3 Å². The average molecular weight is 317 g/mol. The Morgan fingerprint density at radius 1 is 1.30 bits per heavy atom. The van der Waals surface area contributed by atoms with Gasteiger partial charge in [-0.05, 0) is 38.8 Å². The highest BCUT2D eigenvalue weighted by atomic mass is 16.3. The van der Waals surface area contributed by atoms with Crippen LogP contribution in [0.3, 0.4) is 0 Å². The Bertz CT molecular complexity index is 547. The Morgan fingerprint density at radius 3 is 2.61 bits per heavy atom. The van der Waals surface area contributed by atoms with Crippen LogP contribution in [0.2, 0.25) is 0 Å². The lowest BCUT2D eigenvalue weighted by Crippen LogP contribution is -2.28. The van der Waals surface area contributed by atoms with Gasteiger partial charge in [0.25, 0.3) is 0 Å². The van der Waals surface area contributed by atoms with Crippen LogP contribution in [0.1, 0.15) is 51.5 Å². The van der Waals surface area contributed by atoms with Gasteiger partial charge < -0.3 is 10.0 Å². The molecule has 1 aliphatic rings. The number of benzene rings is 1. The zero-order valence-electron chi connectivity index (χ0n) is 14.1. The number of aromatic hydroxyl groups is 1. The number of hydrogen-bond acceptors (Lipinski definition) is 4. The Kier molecular flexibility index (Phi) is 6.44. The second-order valence-electron chi connectivity index (χ2n) is 5.98. The van der Waals surface area contributed by atoms with Crippen molar-refractivity contribution in [1.82, 2.24) is 5.43 Å². The van der Waals surface area contributed by atoms with E-state index in [1.807, 2.05) is 12.1 Å². The van der Waals surface area contributed by atoms with E-state index >= 15 is 0 Å². The second kappa shape index (κ2) is 8.56. The van der Waals surface area contributed by atoms with Crippen molar-refractivity contribution in [2.75, 3.05) is 18.0 Å². The van der Waals surface area contributed by atoms with Gasteiger partial charge in [-0.15, -0.1) is 0 Å². The molecule has 0 radical (unpaired) electrons. The number of anilines is 1. The van der Waals surface area contributed by atoms with Crippen molar-refractivity contribution in [3.8, 4) is 5.75 Å². The Morgan fingerprint density at radius 2 is 2.00 bits per heavy atom. The molecule has 2 N–H and O–H groups in total. The standard InChI is InChI=1S/C18H27N3O2/c1-3-21(4-2)16-11-10-15(17(22)12-16)13-19-20-18(23)14-8-6-5-7-9-14/h10-14,22H,3-9H2,1-2H3,(H,20,23)/b19-13+. The van der Waals surface area contributed by atoms with Crippen molar-refractivity contribution in [2.24, 2.45) is 11.0 Å². The fraction of sp³-hybridized carbons (Fsp3) is 0.556. The van der Waals surface area contributed by atoms with E-state index in [0.29, 0.717) is 5.56 Å². The van der Waals surface area contributed by atoms with Gasteiger partial charge in [0, 0.05) is 36.3 Å². The van der Waals surface area contributed by atoms with Crippen LogP contribution >= 0.6 is 0 Å². The zero-order chi connectivity index (χ0) is 16.7. The molecule has 126 valence electrons. The third-order valence-electron chi connectivity index (χ3n) is 4.50. The predicted octanol–water partition coefficient (Wildman–Crippen LogP) is 3.27. The first kappa shape index (κ1) is 17.3. The Hall–Kier alpha value is -2.04. The summed E-state index contributed by atoms with van der Waals surface area (Å²) in [4.78, 5) is 14.2. The number of phenols is 1. The van der Waals surface area contributed by atoms with E-state index in [0.717, 1.165) is 44.5 Å². The molecule has 1 saturated carbocycles. The van der Waals surface area contributed by atoms with E-state index in [2.05, 4.69) is 29.3 Å². The van der Waals surface area contributed by atoms with Gasteiger partial charge in [0.05, 0.1) is 6.21 Å². The van der Waals surface area contributed by atoms with Gasteiger partial charge in [0.2, 0.25) is 5.91 Å². The average Bonchev–Trinajstić information content (AvgIpc) is 2.58. The van der Waals surface area contributed by atoms with E-state index in [1.165, 1.54) is 12.6 Å². The zero-order valence-corrected chi connectivity index (χ0v) is 14.1. The number of hydrogen-bond donors (Lipinski definition) is 2. The lowest BCUT2D eigenvalue weighted by molar-refractivity contribution is -0.125. The lowest BCUT2D eigenvalue weighted by Gasteiger charge is -2.21. The molecule has 0 bridgehead atoms. The van der Waals surface area contributed by atoms with Crippen LogP contribution in [0, 0.1) is 5.92 Å². The number of amides is 1. The fourth-order valence-corrected chi connectivity index (χ4v) is 3.05. The molecule has 5 heteroatoms. The quantitative estimate of drug-likeness (QED) is 0.625. The van der Waals surface area contributed by atoms with Crippen molar-refractivity contribution in [3.63, 3.8) is 0 Å². The van der Waals surface area contributed by atoms with Crippen molar-refractivity contribution in [1.29, 1.82) is 0 Å². The van der Waals surface area contributed by atoms with E-state index in [9.17, 15) is 9.90 Å². The van der Waals surface area contributed by atoms with Crippen molar-refractivity contribution in [3.05, 3.63) is 23.8 Å². The molecule has 23 heavy (non-hydrogen) atoms. The van der Waals surface area contributed by atoms with Crippen LogP contribution in [-0.2, 0) is 4.79 Å². The van der Waals surface area contributed by atoms with Crippen molar-refractivity contribution in [2.45, 2.75) is 46.0 Å². The van der Waals surface area contributed by atoms with Gasteiger partial charge in [0.1, 0.15) is 5.75 Å². The summed E-state index contributed by atoms with van der Waals surface area (Å²) >= 11 is 0. The molecular weight excluding hydrogens is 290 g/mol. The minimum absolute atomic E-state index is 0.0137. The molecule has 1 aromatic carbocycles. The molecule has 0 spiro atoms. The van der Waals surface area contributed by atoms with E-state index in [4.69, 9.17) is 0 Å². The highest BCUT2D eigenvalue weighted by molar-refractivity contribution is 5.86. The number of nitrogens with zero attached hydrogens (tertiary/aromatic N) is 2. The molecule has 0 atom stereocenters. The van der Waals surface area contributed by atoms with Gasteiger partial charge >= 0.3 is 0 Å². The summed E-state index contributed by atoms with van der Waals surface area (Å²) in [5.74, 6) is 0.241. The molecule has 2 rings (SSSR count). The van der Waals surface area contributed by atoms with Crippen LogP contribution in [0.25, 0.3) is 0 Å². The van der Waals surface area contributed by atoms with E-state index in [1.54, 1.807) is 6.07 Å². The van der Waals surface area contributed by atoms with Crippen LogP contribution in [0.4, 0.5) is 5.69 Å². The third kappa shape index (κ3) is 4.71. The van der Waals surface area contributed by atoms with Crippen LogP contribution < -0.4 is 10.3 Å². The number of phenolic OH excluding ortho intramolecular Hbond substituents is 1. The molecule has 1 aliphatic carbocycles. The van der Waals surface area contributed by atoms with Gasteiger partial charge in [-0.3, -0.25) is 4.79 Å². The monoisotopic (exact) mass is 317 g/mol. The largest absolute Gasteiger partial charge is 0.507 e. The summed E-state index contributed by atoms with van der Waals surface area (Å²) in [6, 6.07) is 5.51. The van der Waals surface area contributed by atoms with Crippen LogP contribution in [-0.4, -0.2) is 30.3 Å². The summed E-state index contributed by atoms with van der Waals surface area (Å²) in [5.41, 5.74) is 4.18. The van der Waals surface area contributed by atoms with Gasteiger partial charge in [0.15, 0.2) is 0 Å². The topological polar surface area (TPSA) is 64.9 Å². The molecule has 0 unspecified atom stereocenters. The molecule has 0 aromatic heterocycles. The number of hydrazone groups is 1. The molecule has 0 heterocycles. The number of rotatable bonds is 6. The SMILES string of the molecule is CCN(CC)c1ccc(/C=N/NC(=O)C2CCCCC2)c(O)c1. The number of nitrogens with one attached hydrogen (secondary N) is 1. The second-order valence-corrected chi connectivity index (χ2v) is 5.98. The lowest BCUT2D eigenvalue weighted by atomic mass is 9.89. The van der Waals surface area contributed by atoms with Crippen molar-refractivity contribution >= 4 is 17.8 Å². The van der Waals surface area contributed by atoms with Crippen molar-refractivity contribution < 1.29 is 9.90 Å². The van der Waals surface area contributed by atoms with Gasteiger partial charge in [-0.2, -0.15) is 5.10 Å². The van der Waals surface area contributed by atoms with Gasteiger partial charge in [-0.1, -0.05) is 19.3 Å². The normalized spacial score (nSPS) is 15.7. The molecule has 0 aliphatic heterocycles. The molecule has 1 fully saturated rings. The Balaban J connectivity index is 1.95. The molecule has 5 nitrogen and oxygen atoms in total. The Labute approximate surface area is 138 Å². The molecular formula is C18H27N3O2. The molecule has 1 aromatic rings. The molecule has 0 saturated heterocycles. The first-order valence-electron chi connectivity index (χ1n) is 8.56. The first-order valence-corrected chi connectivity index (χ1v) is 8.56. The number of carbonyl (C=O) groups is 1. The van der Waals surface area contributed by atoms with Gasteiger partial charge in [-0.25, -0.2) is 5.43 Å². The summed E-state index contributed by atoms with van der Waals surface area (Å²) in [7, 11) is 0. The van der Waals surface area contributed by atoms with E-state index in [-0.39, 0.29) is 17.6 Å². The summed E-state index contributed by atoms with van der Waals surface area (Å²) < 4.78 is 0. The minimum atomic E-state index is -0.0137. The maximum atomic E-state index is 12.0. The molecule has 1 amide bonds. The summed E-state index contributed by atoms with van der Waals surface area (Å²) in [6.45, 7) is 5.94. The van der Waals surface area contributed by atoms with E-state index < -0.39 is 0 Å². The highest BCUT2D eigenvalue weighted by Gasteiger charge is 2.20. The highest BCUT2D eigenvalue weighted by Crippen LogP contribution is 2.24. The smallest absolute Gasteiger partial charge is 0.243 e. The maximum absolute atomic E-state index is 12.0. The first-order chi connectivity index (χ1) is 11.2. The summed E-state index contributed by atoms with van der Waals surface area (Å²) in [6.07, 6.45) is 6.86. The maximum Gasteiger partial charge on any atom is 0.243 e. The predicted molar refractivity (Wildman–Crippen MR) is 94.0 cm³/mol. The summed E-state index contributed by atoms with van der Waals surface area (Å²) in [5, 5.41) is 14.1.